The van der Waals surface area contributed by atoms with Gasteiger partial charge in [0.15, 0.2) is 17.1 Å². The highest BCUT2D eigenvalue weighted by molar-refractivity contribution is 6.19. The number of nitrogens with zero attached hydrogens (tertiary/aromatic N) is 6. The molecule has 7 rings (SSSR count). The van der Waals surface area contributed by atoms with E-state index in [0.717, 1.165) is 25.5 Å². The molecular weight excluding hydrogens is 592 g/mol. The highest BCUT2D eigenvalue weighted by Crippen LogP contribution is 2.57. The Balaban J connectivity index is 1.49. The summed E-state index contributed by atoms with van der Waals surface area (Å²) in [5.74, 6) is -2.14. The monoisotopic (exact) mass is 629 g/mol. The van der Waals surface area contributed by atoms with Crippen LogP contribution in [0.15, 0.2) is 41.6 Å². The molecular formula is C34H37F2N7O3. The van der Waals surface area contributed by atoms with E-state index >= 15 is 8.78 Å². The lowest BCUT2D eigenvalue weighted by Crippen LogP contribution is -2.34. The number of aryl methyl sites for hydroxylation is 1. The maximum atomic E-state index is 16.1. The second-order valence-electron chi connectivity index (χ2n) is 14.0. The standard InChI is InChI=1S/C34H37F2N7O3/c1-33(2,3)46-32(45)42(7)22-13-21(35)27(36)25-26-29(43-11-9-34(17-43)14-24(34)40(4)5)20(16-37-30(26)39-28(22)25)18-12-19-23(44)8-10-41(6)31(19)38-15-18/h8,10,12-13,15-16,24H,9,11,14,17H2,1-7H3,(H,37,39). The van der Waals surface area contributed by atoms with Crippen molar-refractivity contribution < 1.29 is 18.3 Å². The van der Waals surface area contributed by atoms with Crippen molar-refractivity contribution in [1.29, 1.82) is 0 Å². The van der Waals surface area contributed by atoms with Crippen LogP contribution in [-0.2, 0) is 11.8 Å². The third-order valence-electron chi connectivity index (χ3n) is 9.47. The number of ether oxygens (including phenoxy) is 1. The fourth-order valence-corrected chi connectivity index (χ4v) is 7.15. The van der Waals surface area contributed by atoms with Crippen LogP contribution >= 0.6 is 0 Å². The van der Waals surface area contributed by atoms with Crippen LogP contribution in [0.1, 0.15) is 33.6 Å². The number of carbonyl (C=O) groups excluding carboxylic acids is 1. The highest BCUT2D eigenvalue weighted by Gasteiger charge is 2.58. The Kier molecular flexibility index (Phi) is 6.68. The second kappa shape index (κ2) is 10.2. The fourth-order valence-electron chi connectivity index (χ4n) is 7.15. The van der Waals surface area contributed by atoms with Gasteiger partial charge in [-0.15, -0.1) is 0 Å². The van der Waals surface area contributed by atoms with Gasteiger partial charge in [0, 0.05) is 80.5 Å². The highest BCUT2D eigenvalue weighted by atomic mass is 19.2. The summed E-state index contributed by atoms with van der Waals surface area (Å²) in [4.78, 5) is 44.1. The molecule has 1 aliphatic carbocycles. The second-order valence-corrected chi connectivity index (χ2v) is 14.0. The fraction of sp³-hybridized carbons (Fsp3) is 0.412. The van der Waals surface area contributed by atoms with Crippen molar-refractivity contribution in [3.05, 3.63) is 58.6 Å². The summed E-state index contributed by atoms with van der Waals surface area (Å²) in [6.45, 7) is 6.64. The molecule has 46 heavy (non-hydrogen) atoms. The van der Waals surface area contributed by atoms with Crippen LogP contribution in [0.3, 0.4) is 0 Å². The van der Waals surface area contributed by atoms with Gasteiger partial charge in [0.1, 0.15) is 16.9 Å². The summed E-state index contributed by atoms with van der Waals surface area (Å²) in [5.41, 5.74) is 2.34. The molecule has 1 amide bonds. The van der Waals surface area contributed by atoms with Crippen molar-refractivity contribution in [2.45, 2.75) is 45.3 Å². The summed E-state index contributed by atoms with van der Waals surface area (Å²) in [6.07, 6.45) is 6.34. The van der Waals surface area contributed by atoms with Crippen LogP contribution < -0.4 is 15.2 Å². The lowest BCUT2D eigenvalue weighted by atomic mass is 10.0. The number of aromatic nitrogens is 4. The van der Waals surface area contributed by atoms with Gasteiger partial charge in [-0.2, -0.15) is 0 Å². The molecule has 1 saturated carbocycles. The Morgan fingerprint density at radius 1 is 1.13 bits per heavy atom. The van der Waals surface area contributed by atoms with Gasteiger partial charge in [-0.1, -0.05) is 0 Å². The SMILES string of the molecule is CN(C(=O)OC(C)(C)C)c1cc(F)c(F)c2c1[nH]c1ncc(-c3cnc4c(c3)c(=O)ccn4C)c(N3CCC4(CC4N(C)C)C3)c12. The molecule has 10 nitrogen and oxygen atoms in total. The van der Waals surface area contributed by atoms with Gasteiger partial charge in [-0.05, 0) is 53.8 Å². The Bertz CT molecular complexity index is 2130. The number of amides is 1. The molecule has 12 heteroatoms. The van der Waals surface area contributed by atoms with Crippen LogP contribution in [0, 0.1) is 17.0 Å². The maximum absolute atomic E-state index is 16.1. The zero-order chi connectivity index (χ0) is 32.9. The van der Waals surface area contributed by atoms with E-state index in [9.17, 15) is 9.59 Å². The molecule has 0 bridgehead atoms. The number of halogens is 2. The maximum Gasteiger partial charge on any atom is 0.414 e. The summed E-state index contributed by atoms with van der Waals surface area (Å²) in [7, 11) is 7.45. The van der Waals surface area contributed by atoms with E-state index in [1.807, 2.05) is 7.05 Å². The Hall–Kier alpha value is -4.58. The number of benzene rings is 1. The Labute approximate surface area is 264 Å². The minimum absolute atomic E-state index is 0.00433. The van der Waals surface area contributed by atoms with Crippen molar-refractivity contribution in [2.24, 2.45) is 12.5 Å². The molecule has 2 atom stereocenters. The van der Waals surface area contributed by atoms with Gasteiger partial charge in [0.2, 0.25) is 0 Å². The molecule has 1 spiro atoms. The minimum atomic E-state index is -1.10. The molecule has 2 aliphatic rings. The molecule has 240 valence electrons. The topological polar surface area (TPSA) is 99.6 Å². The van der Waals surface area contributed by atoms with Crippen molar-refractivity contribution in [3.63, 3.8) is 0 Å². The number of anilines is 2. The molecule has 0 radical (unpaired) electrons. The van der Waals surface area contributed by atoms with E-state index in [1.54, 1.807) is 50.0 Å². The van der Waals surface area contributed by atoms with Crippen LogP contribution in [0.2, 0.25) is 0 Å². The molecule has 2 fully saturated rings. The lowest BCUT2D eigenvalue weighted by molar-refractivity contribution is 0.0589. The molecule has 5 aromatic rings. The summed E-state index contributed by atoms with van der Waals surface area (Å²) in [5, 5.41) is 0.845. The molecule has 4 aromatic heterocycles. The number of aromatic amines is 1. The van der Waals surface area contributed by atoms with E-state index in [1.165, 1.54) is 18.0 Å². The van der Waals surface area contributed by atoms with Gasteiger partial charge in [0.25, 0.3) is 0 Å². The van der Waals surface area contributed by atoms with Crippen LogP contribution in [-0.4, -0.2) is 76.4 Å². The van der Waals surface area contributed by atoms with Crippen molar-refractivity contribution in [1.82, 2.24) is 24.4 Å². The van der Waals surface area contributed by atoms with Gasteiger partial charge < -0.3 is 24.1 Å². The van der Waals surface area contributed by atoms with Crippen molar-refractivity contribution in [2.75, 3.05) is 44.0 Å². The number of rotatable bonds is 4. The first-order valence-corrected chi connectivity index (χ1v) is 15.4. The summed E-state index contributed by atoms with van der Waals surface area (Å²) in [6, 6.07) is 4.71. The number of fused-ring (bicyclic) bond motifs is 4. The number of H-pyrrole nitrogens is 1. The number of pyridine rings is 3. The molecule has 1 aromatic carbocycles. The third-order valence-corrected chi connectivity index (χ3v) is 9.47. The largest absolute Gasteiger partial charge is 0.443 e. The quantitative estimate of drug-likeness (QED) is 0.268. The first-order valence-electron chi connectivity index (χ1n) is 15.4. The number of hydrogen-bond acceptors (Lipinski definition) is 7. The molecule has 5 heterocycles. The van der Waals surface area contributed by atoms with E-state index in [4.69, 9.17) is 9.72 Å². The lowest BCUT2D eigenvalue weighted by Gasteiger charge is -2.25. The van der Waals surface area contributed by atoms with Crippen LogP contribution in [0.4, 0.5) is 25.0 Å². The molecule has 2 unspecified atom stereocenters. The van der Waals surface area contributed by atoms with Gasteiger partial charge in [0.05, 0.1) is 33.1 Å². The zero-order valence-electron chi connectivity index (χ0n) is 27.0. The molecule has 1 N–H and O–H groups in total. The number of hydrogen-bond donors (Lipinski definition) is 1. The molecule has 1 saturated heterocycles. The number of carbonyl (C=O) groups is 1. The average molecular weight is 630 g/mol. The first kappa shape index (κ1) is 30.1. The van der Waals surface area contributed by atoms with Gasteiger partial charge >= 0.3 is 6.09 Å². The Morgan fingerprint density at radius 2 is 1.89 bits per heavy atom. The van der Waals surface area contributed by atoms with Crippen LogP contribution in [0.25, 0.3) is 44.1 Å². The van der Waals surface area contributed by atoms with Gasteiger partial charge in [-0.3, -0.25) is 9.69 Å². The van der Waals surface area contributed by atoms with E-state index in [-0.39, 0.29) is 27.4 Å². The van der Waals surface area contributed by atoms with E-state index < -0.39 is 23.3 Å². The number of nitrogens with one attached hydrogen (secondary N) is 1. The zero-order valence-corrected chi connectivity index (χ0v) is 27.0. The first-order chi connectivity index (χ1) is 21.7. The van der Waals surface area contributed by atoms with Crippen LogP contribution in [0.5, 0.6) is 0 Å². The Morgan fingerprint density at radius 3 is 2.59 bits per heavy atom. The van der Waals surface area contributed by atoms with Crippen molar-refractivity contribution in [3.8, 4) is 11.1 Å². The van der Waals surface area contributed by atoms with Gasteiger partial charge in [-0.25, -0.2) is 23.5 Å². The predicted molar refractivity (Wildman–Crippen MR) is 175 cm³/mol. The summed E-state index contributed by atoms with van der Waals surface area (Å²) < 4.78 is 38.9. The molecule has 1 aliphatic heterocycles. The van der Waals surface area contributed by atoms with E-state index in [2.05, 4.69) is 33.9 Å². The minimum Gasteiger partial charge on any atom is -0.443 e. The third kappa shape index (κ3) is 4.69. The van der Waals surface area contributed by atoms with E-state index in [0.29, 0.717) is 51.5 Å². The summed E-state index contributed by atoms with van der Waals surface area (Å²) >= 11 is 0. The smallest absolute Gasteiger partial charge is 0.414 e. The van der Waals surface area contributed by atoms with Crippen molar-refractivity contribution >= 4 is 50.4 Å². The normalized spacial score (nSPS) is 19.7. The predicted octanol–water partition coefficient (Wildman–Crippen LogP) is 5.81. The average Bonchev–Trinajstić information content (AvgIpc) is 3.33.